The maximum absolute atomic E-state index is 13.2. The van der Waals surface area contributed by atoms with Crippen LogP contribution in [0.5, 0.6) is 0 Å². The Morgan fingerprint density at radius 2 is 1.69 bits per heavy atom. The maximum Gasteiger partial charge on any atom is 0.335 e. The van der Waals surface area contributed by atoms with Crippen molar-refractivity contribution in [3.05, 3.63) is 105 Å². The van der Waals surface area contributed by atoms with Gasteiger partial charge >= 0.3 is 6.03 Å². The summed E-state index contributed by atoms with van der Waals surface area (Å²) in [6, 6.07) is 18.8. The van der Waals surface area contributed by atoms with Gasteiger partial charge in [-0.2, -0.15) is 0 Å². The first-order valence-electron chi connectivity index (χ1n) is 9.83. The van der Waals surface area contributed by atoms with Crippen LogP contribution in [0.25, 0.3) is 6.08 Å². The summed E-state index contributed by atoms with van der Waals surface area (Å²) in [6.07, 6.45) is 1.94. The van der Waals surface area contributed by atoms with Crippen molar-refractivity contribution in [2.24, 2.45) is 0 Å². The largest absolute Gasteiger partial charge is 0.335 e. The summed E-state index contributed by atoms with van der Waals surface area (Å²) in [4.78, 5) is 39.2. The van der Waals surface area contributed by atoms with Gasteiger partial charge in [-0.1, -0.05) is 59.6 Å². The van der Waals surface area contributed by atoms with Gasteiger partial charge in [0, 0.05) is 10.0 Å². The van der Waals surface area contributed by atoms with Crippen molar-refractivity contribution >= 4 is 52.8 Å². The Balaban J connectivity index is 1.76. The van der Waals surface area contributed by atoms with Gasteiger partial charge in [-0.25, -0.2) is 9.69 Å². The zero-order chi connectivity index (χ0) is 22.8. The van der Waals surface area contributed by atoms with E-state index in [2.05, 4.69) is 5.32 Å². The number of urea groups is 1. The van der Waals surface area contributed by atoms with E-state index < -0.39 is 17.8 Å². The molecule has 0 radical (unpaired) electrons. The molecule has 4 amide bonds. The molecule has 1 N–H and O–H groups in total. The number of aryl methyl sites for hydroxylation is 1. The third-order valence-corrected chi connectivity index (χ3v) is 5.71. The predicted molar refractivity (Wildman–Crippen MR) is 126 cm³/mol. The highest BCUT2D eigenvalue weighted by molar-refractivity contribution is 6.39. The molecule has 3 aromatic rings. The normalized spacial score (nSPS) is 15.3. The minimum Gasteiger partial charge on any atom is -0.273 e. The van der Waals surface area contributed by atoms with Gasteiger partial charge in [-0.15, -0.1) is 0 Å². The number of nitrogens with one attached hydrogen (secondary N) is 1. The molecule has 32 heavy (non-hydrogen) atoms. The van der Waals surface area contributed by atoms with Crippen LogP contribution in [-0.2, 0) is 16.0 Å². The summed E-state index contributed by atoms with van der Waals surface area (Å²) < 4.78 is 0. The minimum atomic E-state index is -0.787. The molecule has 1 heterocycles. The molecule has 0 bridgehead atoms. The standard InChI is InChI=1S/C25H18Cl2N2O3/c1-15-5-4-7-20(11-15)29-24(31)21(23(30)28-25(29)32)14-18-13-19(26)10-9-16(18)12-17-6-2-3-8-22(17)27/h2-11,13-14H,12H2,1H3,(H,28,30,32)/b21-14+. The van der Waals surface area contributed by atoms with Crippen molar-refractivity contribution in [1.29, 1.82) is 0 Å². The predicted octanol–water partition coefficient (Wildman–Crippen LogP) is 5.56. The summed E-state index contributed by atoms with van der Waals surface area (Å²) in [6.45, 7) is 1.85. The lowest BCUT2D eigenvalue weighted by Crippen LogP contribution is -2.54. The summed E-state index contributed by atoms with van der Waals surface area (Å²) in [5, 5.41) is 3.31. The minimum absolute atomic E-state index is 0.159. The van der Waals surface area contributed by atoms with Gasteiger partial charge in [0.2, 0.25) is 0 Å². The SMILES string of the molecule is Cc1cccc(N2C(=O)NC(=O)/C(=C\c3cc(Cl)ccc3Cc3ccccc3Cl)C2=O)c1. The van der Waals surface area contributed by atoms with E-state index in [0.717, 1.165) is 21.6 Å². The number of carbonyl (C=O) groups excluding carboxylic acids is 3. The molecule has 1 saturated heterocycles. The fourth-order valence-electron chi connectivity index (χ4n) is 3.52. The molecule has 3 aromatic carbocycles. The maximum atomic E-state index is 13.2. The van der Waals surface area contributed by atoms with E-state index >= 15 is 0 Å². The van der Waals surface area contributed by atoms with E-state index in [-0.39, 0.29) is 5.57 Å². The lowest BCUT2D eigenvalue weighted by molar-refractivity contribution is -0.122. The Morgan fingerprint density at radius 3 is 2.44 bits per heavy atom. The first kappa shape index (κ1) is 21.8. The topological polar surface area (TPSA) is 66.5 Å². The number of nitrogens with zero attached hydrogens (tertiary/aromatic N) is 1. The fraction of sp³-hybridized carbons (Fsp3) is 0.0800. The quantitative estimate of drug-likeness (QED) is 0.405. The summed E-state index contributed by atoms with van der Waals surface area (Å²) in [5.74, 6) is -1.46. The van der Waals surface area contributed by atoms with Crippen molar-refractivity contribution in [2.45, 2.75) is 13.3 Å². The molecule has 1 aliphatic heterocycles. The number of anilines is 1. The fourth-order valence-corrected chi connectivity index (χ4v) is 3.91. The molecule has 1 fully saturated rings. The van der Waals surface area contributed by atoms with Crippen LogP contribution < -0.4 is 10.2 Å². The van der Waals surface area contributed by atoms with Gasteiger partial charge in [-0.05, 0) is 72.0 Å². The van der Waals surface area contributed by atoms with Crippen LogP contribution >= 0.6 is 23.2 Å². The highest BCUT2D eigenvalue weighted by Crippen LogP contribution is 2.27. The number of halogens is 2. The van der Waals surface area contributed by atoms with Crippen LogP contribution in [0.1, 0.15) is 22.3 Å². The van der Waals surface area contributed by atoms with Gasteiger partial charge in [-0.3, -0.25) is 14.9 Å². The number of imide groups is 2. The molecule has 5 nitrogen and oxygen atoms in total. The molecule has 4 rings (SSSR count). The number of hydrogen-bond acceptors (Lipinski definition) is 3. The van der Waals surface area contributed by atoms with Crippen LogP contribution in [0.15, 0.2) is 72.3 Å². The van der Waals surface area contributed by atoms with Crippen molar-refractivity contribution in [3.63, 3.8) is 0 Å². The third-order valence-electron chi connectivity index (χ3n) is 5.11. The molecule has 0 saturated carbocycles. The number of hydrogen-bond donors (Lipinski definition) is 1. The van der Waals surface area contributed by atoms with Crippen molar-refractivity contribution in [1.82, 2.24) is 5.32 Å². The lowest BCUT2D eigenvalue weighted by atomic mass is 9.97. The number of amides is 4. The molecular weight excluding hydrogens is 447 g/mol. The second-order valence-electron chi connectivity index (χ2n) is 7.41. The molecule has 0 atom stereocenters. The molecule has 0 unspecified atom stereocenters. The Hall–Kier alpha value is -3.41. The Morgan fingerprint density at radius 1 is 0.906 bits per heavy atom. The van der Waals surface area contributed by atoms with Crippen LogP contribution in [0, 0.1) is 6.92 Å². The average molecular weight is 465 g/mol. The van der Waals surface area contributed by atoms with E-state index in [1.807, 2.05) is 37.3 Å². The van der Waals surface area contributed by atoms with Gasteiger partial charge < -0.3 is 0 Å². The Kier molecular flexibility index (Phi) is 6.12. The van der Waals surface area contributed by atoms with Gasteiger partial charge in [0.15, 0.2) is 0 Å². The summed E-state index contributed by atoms with van der Waals surface area (Å²) >= 11 is 12.5. The van der Waals surface area contributed by atoms with Crippen molar-refractivity contribution in [3.8, 4) is 0 Å². The second kappa shape index (κ2) is 8.99. The first-order valence-corrected chi connectivity index (χ1v) is 10.6. The summed E-state index contributed by atoms with van der Waals surface area (Å²) in [7, 11) is 0. The molecule has 0 aromatic heterocycles. The molecule has 7 heteroatoms. The molecule has 1 aliphatic rings. The Bertz CT molecular complexity index is 1280. The number of carbonyl (C=O) groups is 3. The van der Waals surface area contributed by atoms with Crippen molar-refractivity contribution < 1.29 is 14.4 Å². The van der Waals surface area contributed by atoms with E-state index in [4.69, 9.17) is 23.2 Å². The molecule has 0 aliphatic carbocycles. The zero-order valence-electron chi connectivity index (χ0n) is 17.1. The zero-order valence-corrected chi connectivity index (χ0v) is 18.6. The van der Waals surface area contributed by atoms with Gasteiger partial charge in [0.05, 0.1) is 5.69 Å². The van der Waals surface area contributed by atoms with E-state index in [1.165, 1.54) is 6.08 Å². The monoisotopic (exact) mass is 464 g/mol. The van der Waals surface area contributed by atoms with Crippen molar-refractivity contribution in [2.75, 3.05) is 4.90 Å². The average Bonchev–Trinajstić information content (AvgIpc) is 2.74. The van der Waals surface area contributed by atoms with Gasteiger partial charge in [0.25, 0.3) is 11.8 Å². The van der Waals surface area contributed by atoms with E-state index in [1.54, 1.807) is 36.4 Å². The van der Waals surface area contributed by atoms with Crippen LogP contribution in [-0.4, -0.2) is 17.8 Å². The molecular formula is C25H18Cl2N2O3. The third kappa shape index (κ3) is 4.44. The second-order valence-corrected chi connectivity index (χ2v) is 8.25. The molecule has 160 valence electrons. The van der Waals surface area contributed by atoms with E-state index in [0.29, 0.717) is 27.7 Å². The first-order chi connectivity index (χ1) is 15.3. The Labute approximate surface area is 195 Å². The van der Waals surface area contributed by atoms with E-state index in [9.17, 15) is 14.4 Å². The lowest BCUT2D eigenvalue weighted by Gasteiger charge is -2.26. The number of barbiturate groups is 1. The number of benzene rings is 3. The highest BCUT2D eigenvalue weighted by Gasteiger charge is 2.37. The van der Waals surface area contributed by atoms with Gasteiger partial charge in [0.1, 0.15) is 5.57 Å². The van der Waals surface area contributed by atoms with Crippen LogP contribution in [0.2, 0.25) is 10.0 Å². The highest BCUT2D eigenvalue weighted by atomic mass is 35.5. The van der Waals surface area contributed by atoms with Crippen LogP contribution in [0.4, 0.5) is 10.5 Å². The summed E-state index contributed by atoms with van der Waals surface area (Å²) in [5.41, 5.74) is 3.42. The smallest absolute Gasteiger partial charge is 0.273 e. The van der Waals surface area contributed by atoms with Crippen LogP contribution in [0.3, 0.4) is 0 Å². The number of rotatable bonds is 4. The molecule has 0 spiro atoms.